The lowest BCUT2D eigenvalue weighted by atomic mass is 9.98. The second-order valence-electron chi connectivity index (χ2n) is 5.54. The molecule has 2 aromatic rings. The van der Waals surface area contributed by atoms with Crippen LogP contribution in [0.5, 0.6) is 0 Å². The van der Waals surface area contributed by atoms with Gasteiger partial charge in [0.05, 0.1) is 17.3 Å². The van der Waals surface area contributed by atoms with Crippen LogP contribution >= 0.6 is 0 Å². The van der Waals surface area contributed by atoms with E-state index in [9.17, 15) is 4.79 Å². The second kappa shape index (κ2) is 5.92. The molecule has 1 aliphatic rings. The molecule has 1 N–H and O–H groups in total. The Morgan fingerprint density at radius 3 is 3.05 bits per heavy atom. The third-order valence-corrected chi connectivity index (χ3v) is 4.02. The molecule has 2 aromatic heterocycles. The van der Waals surface area contributed by atoms with Crippen molar-refractivity contribution in [2.24, 2.45) is 13.0 Å². The van der Waals surface area contributed by atoms with Gasteiger partial charge in [-0.25, -0.2) is 0 Å². The number of amides is 1. The summed E-state index contributed by atoms with van der Waals surface area (Å²) in [6.45, 7) is 5.27. The molecule has 0 saturated carbocycles. The molecule has 1 saturated heterocycles. The normalized spacial score (nSPS) is 21.2. The second-order valence-corrected chi connectivity index (χ2v) is 5.54. The van der Waals surface area contributed by atoms with E-state index in [1.54, 1.807) is 10.9 Å². The van der Waals surface area contributed by atoms with Gasteiger partial charge in [0.25, 0.3) is 0 Å². The molecule has 22 heavy (non-hydrogen) atoms. The molecule has 2 atom stereocenters. The predicted octanol–water partition coefficient (Wildman–Crippen LogP) is 1.66. The minimum atomic E-state index is -0.239. The summed E-state index contributed by atoms with van der Waals surface area (Å²) in [5.74, 6) is 0.462. The highest BCUT2D eigenvalue weighted by molar-refractivity contribution is 5.92. The lowest BCUT2D eigenvalue weighted by molar-refractivity contribution is -0.121. The van der Waals surface area contributed by atoms with Crippen molar-refractivity contribution in [3.63, 3.8) is 0 Å². The van der Waals surface area contributed by atoms with Crippen LogP contribution in [0.25, 0.3) is 0 Å². The zero-order valence-electron chi connectivity index (χ0n) is 13.1. The Labute approximate surface area is 129 Å². The zero-order valence-corrected chi connectivity index (χ0v) is 13.1. The molecule has 7 heteroatoms. The lowest BCUT2D eigenvalue weighted by Gasteiger charge is -2.19. The maximum Gasteiger partial charge on any atom is 0.231 e. The number of hydrogen-bond donors (Lipinski definition) is 1. The molecule has 1 amide bonds. The van der Waals surface area contributed by atoms with Crippen molar-refractivity contribution in [1.29, 1.82) is 0 Å². The third kappa shape index (κ3) is 2.64. The van der Waals surface area contributed by atoms with Gasteiger partial charge >= 0.3 is 0 Å². The lowest BCUT2D eigenvalue weighted by Crippen LogP contribution is -2.27. The molecule has 1 aliphatic heterocycles. The summed E-state index contributed by atoms with van der Waals surface area (Å²) >= 11 is 0. The Kier molecular flexibility index (Phi) is 3.98. The van der Waals surface area contributed by atoms with E-state index in [1.807, 2.05) is 37.7 Å². The maximum atomic E-state index is 12.6. The number of nitrogens with zero attached hydrogens (tertiary/aromatic N) is 4. The number of aryl methyl sites for hydroxylation is 3. The fourth-order valence-corrected chi connectivity index (χ4v) is 2.94. The number of anilines is 1. The Morgan fingerprint density at radius 2 is 2.36 bits per heavy atom. The van der Waals surface area contributed by atoms with E-state index < -0.39 is 0 Å². The number of rotatable bonds is 4. The molecular weight excluding hydrogens is 282 g/mol. The SMILES string of the molecule is CCn1nccc1[C@@H]1OCC[C@H]1C(=O)Nc1cc(C)nn1C. The first-order valence-electron chi connectivity index (χ1n) is 7.55. The number of hydrogen-bond acceptors (Lipinski definition) is 4. The molecule has 0 radical (unpaired) electrons. The molecule has 0 aliphatic carbocycles. The van der Waals surface area contributed by atoms with Crippen LogP contribution in [0.2, 0.25) is 0 Å². The molecular formula is C15H21N5O2. The minimum absolute atomic E-state index is 0.0330. The van der Waals surface area contributed by atoms with Gasteiger partial charge in [-0.2, -0.15) is 10.2 Å². The van der Waals surface area contributed by atoms with Gasteiger partial charge in [0, 0.05) is 32.5 Å². The molecule has 3 rings (SSSR count). The molecule has 7 nitrogen and oxygen atoms in total. The first kappa shape index (κ1) is 14.8. The predicted molar refractivity (Wildman–Crippen MR) is 81.3 cm³/mol. The fourth-order valence-electron chi connectivity index (χ4n) is 2.94. The fraction of sp³-hybridized carbons (Fsp3) is 0.533. The first-order valence-corrected chi connectivity index (χ1v) is 7.55. The Bertz CT molecular complexity index is 675. The molecule has 0 spiro atoms. The van der Waals surface area contributed by atoms with Crippen molar-refractivity contribution < 1.29 is 9.53 Å². The van der Waals surface area contributed by atoms with Crippen LogP contribution in [0.4, 0.5) is 5.82 Å². The molecule has 118 valence electrons. The largest absolute Gasteiger partial charge is 0.371 e. The van der Waals surface area contributed by atoms with E-state index in [1.165, 1.54) is 0 Å². The minimum Gasteiger partial charge on any atom is -0.371 e. The van der Waals surface area contributed by atoms with Gasteiger partial charge in [-0.3, -0.25) is 14.2 Å². The molecule has 0 unspecified atom stereocenters. The summed E-state index contributed by atoms with van der Waals surface area (Å²) in [5.41, 5.74) is 1.84. The van der Waals surface area contributed by atoms with Crippen molar-refractivity contribution in [3.8, 4) is 0 Å². The van der Waals surface area contributed by atoms with Crippen LogP contribution in [-0.4, -0.2) is 32.1 Å². The zero-order chi connectivity index (χ0) is 15.7. The highest BCUT2D eigenvalue weighted by atomic mass is 16.5. The van der Waals surface area contributed by atoms with E-state index in [-0.39, 0.29) is 17.9 Å². The van der Waals surface area contributed by atoms with Gasteiger partial charge in [0.15, 0.2) is 0 Å². The highest BCUT2D eigenvalue weighted by Gasteiger charge is 2.37. The summed E-state index contributed by atoms with van der Waals surface area (Å²) in [6.07, 6.45) is 2.22. The van der Waals surface area contributed by atoms with Crippen molar-refractivity contribution in [1.82, 2.24) is 19.6 Å². The van der Waals surface area contributed by atoms with E-state index in [2.05, 4.69) is 15.5 Å². The maximum absolute atomic E-state index is 12.6. The van der Waals surface area contributed by atoms with Crippen LogP contribution in [-0.2, 0) is 23.1 Å². The monoisotopic (exact) mass is 303 g/mol. The average molecular weight is 303 g/mol. The van der Waals surface area contributed by atoms with Crippen LogP contribution in [0.1, 0.15) is 30.8 Å². The van der Waals surface area contributed by atoms with Crippen molar-refractivity contribution in [2.45, 2.75) is 32.9 Å². The Morgan fingerprint density at radius 1 is 1.55 bits per heavy atom. The van der Waals surface area contributed by atoms with Gasteiger partial charge in [-0.15, -0.1) is 0 Å². The van der Waals surface area contributed by atoms with E-state index in [0.29, 0.717) is 18.8 Å². The number of carbonyl (C=O) groups is 1. The molecule has 0 aromatic carbocycles. The van der Waals surface area contributed by atoms with Crippen molar-refractivity contribution >= 4 is 11.7 Å². The van der Waals surface area contributed by atoms with E-state index >= 15 is 0 Å². The van der Waals surface area contributed by atoms with Crippen molar-refractivity contribution in [2.75, 3.05) is 11.9 Å². The highest BCUT2D eigenvalue weighted by Crippen LogP contribution is 2.35. The standard InChI is InChI=1S/C15H21N5O2/c1-4-20-12(5-7-16-20)14-11(6-8-22-14)15(21)17-13-9-10(2)18-19(13)3/h5,7,9,11,14H,4,6,8H2,1-3H3,(H,17,21)/t11-,14-/m1/s1. The van der Waals surface area contributed by atoms with Crippen LogP contribution in [0, 0.1) is 12.8 Å². The molecule has 1 fully saturated rings. The summed E-state index contributed by atoms with van der Waals surface area (Å²) in [4.78, 5) is 12.6. The summed E-state index contributed by atoms with van der Waals surface area (Å²) in [5, 5.41) is 11.5. The molecule has 0 bridgehead atoms. The Balaban J connectivity index is 1.78. The van der Waals surface area contributed by atoms with Crippen LogP contribution < -0.4 is 5.32 Å². The number of nitrogens with one attached hydrogen (secondary N) is 1. The average Bonchev–Trinajstić information content (AvgIpc) is 3.18. The third-order valence-electron chi connectivity index (χ3n) is 4.02. The Hall–Kier alpha value is -2.15. The summed E-state index contributed by atoms with van der Waals surface area (Å²) in [7, 11) is 1.82. The topological polar surface area (TPSA) is 74.0 Å². The van der Waals surface area contributed by atoms with Gasteiger partial charge in [-0.05, 0) is 26.3 Å². The number of aromatic nitrogens is 4. The van der Waals surface area contributed by atoms with Gasteiger partial charge in [-0.1, -0.05) is 0 Å². The van der Waals surface area contributed by atoms with Crippen LogP contribution in [0.15, 0.2) is 18.3 Å². The summed E-state index contributed by atoms with van der Waals surface area (Å²) < 4.78 is 9.36. The van der Waals surface area contributed by atoms with Gasteiger partial charge in [0.2, 0.25) is 5.91 Å². The smallest absolute Gasteiger partial charge is 0.231 e. The number of ether oxygens (including phenoxy) is 1. The van der Waals surface area contributed by atoms with Crippen LogP contribution in [0.3, 0.4) is 0 Å². The van der Waals surface area contributed by atoms with E-state index in [0.717, 1.165) is 17.9 Å². The van der Waals surface area contributed by atoms with Gasteiger partial charge in [0.1, 0.15) is 11.9 Å². The molecule has 3 heterocycles. The number of carbonyl (C=O) groups excluding carboxylic acids is 1. The van der Waals surface area contributed by atoms with Crippen molar-refractivity contribution in [3.05, 3.63) is 29.7 Å². The summed E-state index contributed by atoms with van der Waals surface area (Å²) in [6, 6.07) is 3.78. The van der Waals surface area contributed by atoms with Gasteiger partial charge < -0.3 is 10.1 Å². The van der Waals surface area contributed by atoms with E-state index in [4.69, 9.17) is 4.74 Å². The first-order chi connectivity index (χ1) is 10.6. The quantitative estimate of drug-likeness (QED) is 0.932.